The Hall–Kier alpha value is -4.07. The average molecular weight is 420 g/mol. The fourth-order valence-corrected chi connectivity index (χ4v) is 3.36. The van der Waals surface area contributed by atoms with Gasteiger partial charge < -0.3 is 15.5 Å². The minimum atomic E-state index is -1.24. The molecule has 1 aliphatic heterocycles. The molecule has 6 nitrogen and oxygen atoms in total. The van der Waals surface area contributed by atoms with E-state index < -0.39 is 29.7 Å². The Kier molecular flexibility index (Phi) is 5.44. The van der Waals surface area contributed by atoms with Gasteiger partial charge in [0.25, 0.3) is 5.91 Å². The van der Waals surface area contributed by atoms with Gasteiger partial charge in [0.2, 0.25) is 6.17 Å². The van der Waals surface area contributed by atoms with Crippen molar-refractivity contribution < 1.29 is 18.4 Å². The van der Waals surface area contributed by atoms with Crippen molar-refractivity contribution >= 4 is 29.0 Å². The van der Waals surface area contributed by atoms with Gasteiger partial charge in [-0.25, -0.2) is 18.6 Å². The van der Waals surface area contributed by atoms with E-state index in [1.165, 1.54) is 4.90 Å². The van der Waals surface area contributed by atoms with E-state index in [2.05, 4.69) is 15.6 Å². The molecule has 0 saturated carbocycles. The van der Waals surface area contributed by atoms with Crippen molar-refractivity contribution in [2.24, 2.45) is 4.99 Å². The Labute approximate surface area is 177 Å². The highest BCUT2D eigenvalue weighted by Gasteiger charge is 2.30. The second-order valence-electron chi connectivity index (χ2n) is 6.92. The number of carbonyl (C=O) groups is 2. The predicted octanol–water partition coefficient (Wildman–Crippen LogP) is 3.93. The highest BCUT2D eigenvalue weighted by Crippen LogP contribution is 2.27. The lowest BCUT2D eigenvalue weighted by molar-refractivity contribution is -0.119. The third-order valence-corrected chi connectivity index (χ3v) is 4.78. The molecule has 0 fully saturated rings. The molecular weight excluding hydrogens is 402 g/mol. The topological polar surface area (TPSA) is 73.8 Å². The van der Waals surface area contributed by atoms with Crippen LogP contribution in [0.5, 0.6) is 0 Å². The van der Waals surface area contributed by atoms with Crippen molar-refractivity contribution in [2.75, 3.05) is 17.3 Å². The monoisotopic (exact) mass is 420 g/mol. The number of likely N-dealkylation sites (N-methyl/N-ethyl adjacent to an activating group) is 1. The van der Waals surface area contributed by atoms with Crippen LogP contribution < -0.4 is 15.5 Å². The van der Waals surface area contributed by atoms with Crippen molar-refractivity contribution in [3.05, 3.63) is 95.6 Å². The molecule has 3 aromatic carbocycles. The first-order valence-corrected chi connectivity index (χ1v) is 9.46. The van der Waals surface area contributed by atoms with Crippen LogP contribution in [0.3, 0.4) is 0 Å². The molecule has 0 spiro atoms. The van der Waals surface area contributed by atoms with Crippen LogP contribution in [0.1, 0.15) is 11.1 Å². The third-order valence-electron chi connectivity index (χ3n) is 4.78. The van der Waals surface area contributed by atoms with Gasteiger partial charge in [-0.1, -0.05) is 48.5 Å². The van der Waals surface area contributed by atoms with Crippen LogP contribution >= 0.6 is 0 Å². The molecule has 156 valence electrons. The second-order valence-corrected chi connectivity index (χ2v) is 6.92. The number of hydrogen-bond donors (Lipinski definition) is 2. The molecule has 8 heteroatoms. The molecule has 2 N–H and O–H groups in total. The number of amides is 3. The second kappa shape index (κ2) is 8.35. The molecule has 0 radical (unpaired) electrons. The number of fused-ring (bicyclic) bond motifs is 1. The number of rotatable bonds is 3. The van der Waals surface area contributed by atoms with E-state index in [0.29, 0.717) is 17.5 Å². The Bertz CT molecular complexity index is 1160. The van der Waals surface area contributed by atoms with Crippen molar-refractivity contribution in [1.29, 1.82) is 0 Å². The minimum Gasteiger partial charge on any atom is -0.311 e. The molecule has 0 unspecified atom stereocenters. The lowest BCUT2D eigenvalue weighted by atomic mass is 10.0. The number of para-hydroxylation sites is 1. The summed E-state index contributed by atoms with van der Waals surface area (Å²) in [4.78, 5) is 31.5. The van der Waals surface area contributed by atoms with E-state index in [9.17, 15) is 18.4 Å². The molecule has 0 aromatic heterocycles. The number of anilines is 2. The van der Waals surface area contributed by atoms with Gasteiger partial charge in [-0.2, -0.15) is 0 Å². The summed E-state index contributed by atoms with van der Waals surface area (Å²) in [6, 6.07) is 18.4. The summed E-state index contributed by atoms with van der Waals surface area (Å²) in [7, 11) is 1.60. The largest absolute Gasteiger partial charge is 0.321 e. The predicted molar refractivity (Wildman–Crippen MR) is 114 cm³/mol. The van der Waals surface area contributed by atoms with E-state index >= 15 is 0 Å². The molecule has 4 rings (SSSR count). The summed E-state index contributed by atoms with van der Waals surface area (Å²) >= 11 is 0. The summed E-state index contributed by atoms with van der Waals surface area (Å²) < 4.78 is 26.8. The first-order chi connectivity index (χ1) is 14.9. The summed E-state index contributed by atoms with van der Waals surface area (Å²) in [5.41, 5.74) is 2.61. The number of nitrogens with zero attached hydrogens (tertiary/aromatic N) is 2. The van der Waals surface area contributed by atoms with Crippen LogP contribution in [-0.2, 0) is 4.79 Å². The van der Waals surface area contributed by atoms with Gasteiger partial charge in [-0.05, 0) is 18.2 Å². The molecule has 0 aliphatic carbocycles. The van der Waals surface area contributed by atoms with Crippen LogP contribution in [0.25, 0.3) is 0 Å². The first-order valence-electron chi connectivity index (χ1n) is 9.46. The zero-order valence-corrected chi connectivity index (χ0v) is 16.5. The SMILES string of the molecule is CN1C(=O)[C@@H](NC(=O)Nc2cc(F)cc(F)c2)N=C(c2ccccc2)c2ccccc21. The maximum Gasteiger partial charge on any atom is 0.321 e. The normalized spacial score (nSPS) is 15.6. The molecule has 0 bridgehead atoms. The number of benzene rings is 3. The lowest BCUT2D eigenvalue weighted by Gasteiger charge is -2.21. The van der Waals surface area contributed by atoms with Crippen molar-refractivity contribution in [3.8, 4) is 0 Å². The number of benzodiazepines with no additional fused rings is 1. The number of aliphatic imine (C=N–C) groups is 1. The molecule has 1 heterocycles. The van der Waals surface area contributed by atoms with Crippen LogP contribution in [0.2, 0.25) is 0 Å². The lowest BCUT2D eigenvalue weighted by Crippen LogP contribution is -2.47. The third kappa shape index (κ3) is 4.28. The average Bonchev–Trinajstić information content (AvgIpc) is 2.84. The highest BCUT2D eigenvalue weighted by atomic mass is 19.1. The van der Waals surface area contributed by atoms with E-state index in [4.69, 9.17) is 0 Å². The van der Waals surface area contributed by atoms with Gasteiger partial charge in [0.05, 0.1) is 11.4 Å². The molecule has 1 aliphatic rings. The van der Waals surface area contributed by atoms with E-state index in [1.54, 1.807) is 13.1 Å². The van der Waals surface area contributed by atoms with Gasteiger partial charge >= 0.3 is 6.03 Å². The van der Waals surface area contributed by atoms with Crippen LogP contribution in [0.4, 0.5) is 25.0 Å². The van der Waals surface area contributed by atoms with Crippen LogP contribution in [0.15, 0.2) is 77.8 Å². The number of urea groups is 1. The zero-order chi connectivity index (χ0) is 22.0. The van der Waals surface area contributed by atoms with Gasteiger partial charge in [-0.15, -0.1) is 0 Å². The number of carbonyl (C=O) groups excluding carboxylic acids is 2. The fourth-order valence-electron chi connectivity index (χ4n) is 3.36. The molecular formula is C23H18F2N4O2. The van der Waals surface area contributed by atoms with Gasteiger partial charge in [-0.3, -0.25) is 4.79 Å². The minimum absolute atomic E-state index is 0.0834. The van der Waals surface area contributed by atoms with E-state index in [-0.39, 0.29) is 5.69 Å². The Morgan fingerprint density at radius 2 is 1.61 bits per heavy atom. The van der Waals surface area contributed by atoms with E-state index in [1.807, 2.05) is 48.5 Å². The molecule has 3 aromatic rings. The maximum atomic E-state index is 13.4. The quantitative estimate of drug-likeness (QED) is 0.674. The highest BCUT2D eigenvalue weighted by molar-refractivity contribution is 6.20. The first kappa shape index (κ1) is 20.2. The Balaban J connectivity index is 1.68. The molecule has 3 amide bonds. The zero-order valence-electron chi connectivity index (χ0n) is 16.5. The number of hydrogen-bond acceptors (Lipinski definition) is 3. The standard InChI is InChI=1S/C23H18F2N4O2/c1-29-19-10-6-5-9-18(19)20(14-7-3-2-4-8-14)27-21(22(29)30)28-23(31)26-17-12-15(24)11-16(25)13-17/h2-13,21H,1H3,(H2,26,28,31)/t21-/m1/s1. The van der Waals surface area contributed by atoms with Gasteiger partial charge in [0, 0.05) is 29.9 Å². The Morgan fingerprint density at radius 1 is 0.968 bits per heavy atom. The summed E-state index contributed by atoms with van der Waals surface area (Å²) in [6.45, 7) is 0. The van der Waals surface area contributed by atoms with Crippen molar-refractivity contribution in [3.63, 3.8) is 0 Å². The number of halogens is 2. The molecule has 0 saturated heterocycles. The maximum absolute atomic E-state index is 13.4. The van der Waals surface area contributed by atoms with Crippen LogP contribution in [0, 0.1) is 11.6 Å². The summed E-state index contributed by atoms with van der Waals surface area (Å²) in [6.07, 6.45) is -1.24. The van der Waals surface area contributed by atoms with E-state index in [0.717, 1.165) is 23.3 Å². The Morgan fingerprint density at radius 3 is 2.32 bits per heavy atom. The number of nitrogens with one attached hydrogen (secondary N) is 2. The van der Waals surface area contributed by atoms with Gasteiger partial charge in [0.1, 0.15) is 11.6 Å². The smallest absolute Gasteiger partial charge is 0.311 e. The summed E-state index contributed by atoms with van der Waals surface area (Å²) in [5.74, 6) is -2.13. The van der Waals surface area contributed by atoms with Crippen LogP contribution in [-0.4, -0.2) is 30.9 Å². The summed E-state index contributed by atoms with van der Waals surface area (Å²) in [5, 5.41) is 4.82. The molecule has 1 atom stereocenters. The van der Waals surface area contributed by atoms with Crippen molar-refractivity contribution in [1.82, 2.24) is 5.32 Å². The molecule has 31 heavy (non-hydrogen) atoms. The fraction of sp³-hybridized carbons (Fsp3) is 0.0870. The van der Waals surface area contributed by atoms with Gasteiger partial charge in [0.15, 0.2) is 0 Å². The van der Waals surface area contributed by atoms with Crippen molar-refractivity contribution in [2.45, 2.75) is 6.17 Å².